The summed E-state index contributed by atoms with van der Waals surface area (Å²) in [5.41, 5.74) is 1.90. The SMILES string of the molecule is C=CC(=O)N1CCCC[C@@H]1C.CC(=N)/C(=N\N)c1cc(O[C@H](C)c2ccccn2)c2c(c1)ncn2C(F)F. The van der Waals surface area contributed by atoms with Crippen LogP contribution < -0.4 is 10.6 Å². The Kier molecular flexibility index (Phi) is 9.64. The Labute approximate surface area is 220 Å². The Morgan fingerprint density at radius 2 is 2.08 bits per heavy atom. The molecule has 2 aromatic heterocycles. The first kappa shape index (κ1) is 28.4. The Morgan fingerprint density at radius 3 is 2.66 bits per heavy atom. The van der Waals surface area contributed by atoms with Crippen molar-refractivity contribution in [1.29, 1.82) is 5.41 Å². The number of imidazole rings is 1. The number of rotatable bonds is 7. The van der Waals surface area contributed by atoms with E-state index in [9.17, 15) is 13.6 Å². The molecule has 11 heteroatoms. The maximum absolute atomic E-state index is 13.4. The molecule has 202 valence electrons. The first-order valence-corrected chi connectivity index (χ1v) is 12.3. The normalized spacial score (nSPS) is 16.5. The monoisotopic (exact) mass is 525 g/mol. The minimum absolute atomic E-state index is 0.0807. The van der Waals surface area contributed by atoms with Crippen molar-refractivity contribution in [2.45, 2.75) is 58.7 Å². The van der Waals surface area contributed by atoms with Crippen LogP contribution in [0.3, 0.4) is 0 Å². The average molecular weight is 526 g/mol. The number of pyridine rings is 1. The highest BCUT2D eigenvalue weighted by Crippen LogP contribution is 2.33. The summed E-state index contributed by atoms with van der Waals surface area (Å²) in [6, 6.07) is 8.87. The predicted molar refractivity (Wildman–Crippen MR) is 144 cm³/mol. The summed E-state index contributed by atoms with van der Waals surface area (Å²) in [6.45, 7) is 7.01. The molecule has 38 heavy (non-hydrogen) atoms. The topological polar surface area (TPSA) is 122 Å². The van der Waals surface area contributed by atoms with E-state index in [2.05, 4.69) is 28.6 Å². The summed E-state index contributed by atoms with van der Waals surface area (Å²) in [4.78, 5) is 21.4. The molecular weight excluding hydrogens is 492 g/mol. The number of nitrogens with zero attached hydrogens (tertiary/aromatic N) is 5. The van der Waals surface area contributed by atoms with Gasteiger partial charge in [-0.15, -0.1) is 0 Å². The van der Waals surface area contributed by atoms with Gasteiger partial charge >= 0.3 is 6.55 Å². The molecule has 0 radical (unpaired) electrons. The Bertz CT molecular complexity index is 1310. The van der Waals surface area contributed by atoms with E-state index in [1.54, 1.807) is 31.3 Å². The molecule has 1 fully saturated rings. The Balaban J connectivity index is 0.000000304. The molecule has 0 aliphatic carbocycles. The zero-order chi connectivity index (χ0) is 27.8. The number of aromatic nitrogens is 3. The van der Waals surface area contributed by atoms with Crippen molar-refractivity contribution in [1.82, 2.24) is 19.4 Å². The smallest absolute Gasteiger partial charge is 0.320 e. The second-order valence-electron chi connectivity index (χ2n) is 8.97. The molecule has 1 aliphatic heterocycles. The number of alkyl halides is 2. The van der Waals surface area contributed by atoms with Crippen LogP contribution in [0.15, 0.2) is 60.6 Å². The van der Waals surface area contributed by atoms with Crippen molar-refractivity contribution < 1.29 is 18.3 Å². The number of hydrogen-bond acceptors (Lipinski definition) is 7. The molecule has 0 bridgehead atoms. The number of fused-ring (bicyclic) bond motifs is 1. The minimum atomic E-state index is -2.78. The maximum Gasteiger partial charge on any atom is 0.320 e. The van der Waals surface area contributed by atoms with E-state index >= 15 is 0 Å². The van der Waals surface area contributed by atoms with Crippen LogP contribution in [0, 0.1) is 5.41 Å². The van der Waals surface area contributed by atoms with Crippen LogP contribution in [-0.2, 0) is 4.79 Å². The lowest BCUT2D eigenvalue weighted by molar-refractivity contribution is -0.129. The van der Waals surface area contributed by atoms with E-state index in [1.807, 2.05) is 11.0 Å². The lowest BCUT2D eigenvalue weighted by atomic mass is 10.0. The summed E-state index contributed by atoms with van der Waals surface area (Å²) in [5, 5.41) is 11.4. The molecule has 0 unspecified atom stereocenters. The van der Waals surface area contributed by atoms with Crippen molar-refractivity contribution in [3.63, 3.8) is 0 Å². The largest absolute Gasteiger partial charge is 0.482 e. The molecule has 1 aromatic carbocycles. The summed E-state index contributed by atoms with van der Waals surface area (Å²) < 4.78 is 33.5. The fraction of sp³-hybridized carbons (Fsp3) is 0.370. The summed E-state index contributed by atoms with van der Waals surface area (Å²) in [5.74, 6) is 5.66. The number of nitrogens with one attached hydrogen (secondary N) is 1. The van der Waals surface area contributed by atoms with Gasteiger partial charge < -0.3 is 20.9 Å². The molecule has 1 aliphatic rings. The number of nitrogens with two attached hydrogens (primary N) is 1. The van der Waals surface area contributed by atoms with Gasteiger partial charge in [-0.1, -0.05) is 12.6 Å². The van der Waals surface area contributed by atoms with Crippen LogP contribution in [0.1, 0.15) is 63.9 Å². The van der Waals surface area contributed by atoms with Gasteiger partial charge in [-0.05, 0) is 70.4 Å². The number of hydrazone groups is 1. The molecule has 0 saturated carbocycles. The molecule has 1 saturated heterocycles. The van der Waals surface area contributed by atoms with Crippen molar-refractivity contribution in [3.8, 4) is 5.75 Å². The molecule has 9 nitrogen and oxygen atoms in total. The van der Waals surface area contributed by atoms with Crippen molar-refractivity contribution >= 4 is 28.4 Å². The number of amides is 1. The summed E-state index contributed by atoms with van der Waals surface area (Å²) >= 11 is 0. The quantitative estimate of drug-likeness (QED) is 0.189. The lowest BCUT2D eigenvalue weighted by Crippen LogP contribution is -2.40. The van der Waals surface area contributed by atoms with Gasteiger partial charge in [0.2, 0.25) is 5.91 Å². The standard InChI is InChI=1S/C18H18F2N6O.C9H15NO/c1-10(21)16(25-22)12-7-14-17(26(9-24-14)18(19)20)15(8-12)27-11(2)13-5-3-4-6-23-13;1-3-9(11)10-7-5-4-6-8(10)2/h3-9,11,18,21H,22H2,1-2H3;3,8H,1,4-7H2,2H3/b21-10?,25-16+;/t11-;8-/m10/s1. The first-order chi connectivity index (χ1) is 18.2. The van der Waals surface area contributed by atoms with Gasteiger partial charge in [0, 0.05) is 24.3 Å². The third-order valence-electron chi connectivity index (χ3n) is 6.27. The Morgan fingerprint density at radius 1 is 1.32 bits per heavy atom. The molecule has 0 spiro atoms. The fourth-order valence-corrected chi connectivity index (χ4v) is 4.31. The van der Waals surface area contributed by atoms with E-state index in [0.29, 0.717) is 22.8 Å². The van der Waals surface area contributed by atoms with E-state index in [-0.39, 0.29) is 28.6 Å². The maximum atomic E-state index is 13.4. The summed E-state index contributed by atoms with van der Waals surface area (Å²) in [7, 11) is 0. The van der Waals surface area contributed by atoms with Gasteiger partial charge in [-0.2, -0.15) is 13.9 Å². The van der Waals surface area contributed by atoms with Crippen LogP contribution in [0.2, 0.25) is 0 Å². The molecule has 3 aromatic rings. The molecular formula is C27H33F2N7O2. The van der Waals surface area contributed by atoms with E-state index < -0.39 is 12.7 Å². The fourth-order valence-electron chi connectivity index (χ4n) is 4.31. The van der Waals surface area contributed by atoms with E-state index in [0.717, 1.165) is 30.3 Å². The number of ether oxygens (including phenoxy) is 1. The molecule has 1 amide bonds. The zero-order valence-electron chi connectivity index (χ0n) is 21.8. The van der Waals surface area contributed by atoms with Gasteiger partial charge in [0.25, 0.3) is 0 Å². The number of benzene rings is 1. The van der Waals surface area contributed by atoms with Gasteiger partial charge in [0.05, 0.1) is 16.9 Å². The molecule has 3 N–H and O–H groups in total. The average Bonchev–Trinajstić information content (AvgIpc) is 3.34. The minimum Gasteiger partial charge on any atom is -0.482 e. The molecule has 4 rings (SSSR count). The van der Waals surface area contributed by atoms with Gasteiger partial charge in [-0.3, -0.25) is 14.3 Å². The number of likely N-dealkylation sites (tertiary alicyclic amines) is 1. The zero-order valence-corrected chi connectivity index (χ0v) is 21.8. The number of piperidine rings is 1. The highest BCUT2D eigenvalue weighted by Gasteiger charge is 2.22. The van der Waals surface area contributed by atoms with Gasteiger partial charge in [0.15, 0.2) is 0 Å². The van der Waals surface area contributed by atoms with E-state index in [1.165, 1.54) is 25.5 Å². The van der Waals surface area contributed by atoms with Crippen LogP contribution in [0.25, 0.3) is 11.0 Å². The van der Waals surface area contributed by atoms with Crippen molar-refractivity contribution in [2.24, 2.45) is 10.9 Å². The third kappa shape index (κ3) is 6.58. The molecule has 2 atom stereocenters. The number of hydrogen-bond donors (Lipinski definition) is 2. The molecule has 3 heterocycles. The number of carbonyl (C=O) groups is 1. The van der Waals surface area contributed by atoms with Gasteiger partial charge in [-0.25, -0.2) is 4.98 Å². The van der Waals surface area contributed by atoms with Crippen LogP contribution in [0.4, 0.5) is 8.78 Å². The second kappa shape index (κ2) is 12.9. The van der Waals surface area contributed by atoms with Crippen LogP contribution in [-0.4, -0.2) is 49.4 Å². The highest BCUT2D eigenvalue weighted by molar-refractivity contribution is 6.46. The van der Waals surface area contributed by atoms with Gasteiger partial charge in [0.1, 0.15) is 29.4 Å². The van der Waals surface area contributed by atoms with Crippen LogP contribution >= 0.6 is 0 Å². The predicted octanol–water partition coefficient (Wildman–Crippen LogP) is 5.24. The third-order valence-corrected chi connectivity index (χ3v) is 6.27. The van der Waals surface area contributed by atoms with E-state index in [4.69, 9.17) is 16.0 Å². The highest BCUT2D eigenvalue weighted by atomic mass is 19.3. The lowest BCUT2D eigenvalue weighted by Gasteiger charge is -2.32. The van der Waals surface area contributed by atoms with Crippen molar-refractivity contribution in [3.05, 3.63) is 66.8 Å². The Hall–Kier alpha value is -4.15. The number of carbonyl (C=O) groups excluding carboxylic acids is 1. The van der Waals surface area contributed by atoms with Crippen LogP contribution in [0.5, 0.6) is 5.75 Å². The second-order valence-corrected chi connectivity index (χ2v) is 8.97. The number of halogens is 2. The first-order valence-electron chi connectivity index (χ1n) is 12.3. The summed E-state index contributed by atoms with van der Waals surface area (Å²) in [6.07, 6.45) is 7.12. The van der Waals surface area contributed by atoms with Crippen molar-refractivity contribution in [2.75, 3.05) is 6.54 Å².